The van der Waals surface area contributed by atoms with E-state index in [9.17, 15) is 4.79 Å². The minimum atomic E-state index is -0.163. The second-order valence-electron chi connectivity index (χ2n) is 6.59. The molecule has 0 aromatic heterocycles. The molecule has 0 saturated heterocycles. The first kappa shape index (κ1) is 21.4. The van der Waals surface area contributed by atoms with Crippen LogP contribution in [0.5, 0.6) is 17.2 Å². The maximum Gasteiger partial charge on any atom is 0.244 e. The van der Waals surface area contributed by atoms with Gasteiger partial charge in [0.15, 0.2) is 11.5 Å². The van der Waals surface area contributed by atoms with Crippen molar-refractivity contribution in [3.63, 3.8) is 0 Å². The minimum absolute atomic E-state index is 0.0370. The van der Waals surface area contributed by atoms with E-state index in [2.05, 4.69) is 44.3 Å². The first-order valence-electron chi connectivity index (χ1n) is 9.29. The number of carbonyl (C=O) groups is 1. The van der Waals surface area contributed by atoms with E-state index in [1.165, 1.54) is 17.2 Å². The average molecular weight is 383 g/mol. The molecule has 0 unspecified atom stereocenters. The Labute approximate surface area is 167 Å². The van der Waals surface area contributed by atoms with Crippen molar-refractivity contribution >= 4 is 12.0 Å². The number of rotatable bonds is 8. The molecule has 2 rings (SSSR count). The maximum absolute atomic E-state index is 12.5. The van der Waals surface area contributed by atoms with Crippen molar-refractivity contribution in [3.8, 4) is 17.2 Å². The van der Waals surface area contributed by atoms with Crippen LogP contribution in [0.1, 0.15) is 41.6 Å². The van der Waals surface area contributed by atoms with Gasteiger partial charge in [-0.3, -0.25) is 4.79 Å². The Bertz CT molecular complexity index is 858. The van der Waals surface area contributed by atoms with E-state index < -0.39 is 0 Å². The third-order valence-corrected chi connectivity index (χ3v) is 4.67. The highest BCUT2D eigenvalue weighted by molar-refractivity contribution is 5.92. The second kappa shape index (κ2) is 9.83. The molecule has 0 fully saturated rings. The predicted molar refractivity (Wildman–Crippen MR) is 112 cm³/mol. The summed E-state index contributed by atoms with van der Waals surface area (Å²) in [7, 11) is 4.68. The van der Waals surface area contributed by atoms with Crippen LogP contribution < -0.4 is 19.5 Å². The maximum atomic E-state index is 12.5. The van der Waals surface area contributed by atoms with Crippen molar-refractivity contribution in [2.24, 2.45) is 0 Å². The molecule has 0 bridgehead atoms. The van der Waals surface area contributed by atoms with Gasteiger partial charge in [0.2, 0.25) is 11.7 Å². The highest BCUT2D eigenvalue weighted by atomic mass is 16.5. The summed E-state index contributed by atoms with van der Waals surface area (Å²) >= 11 is 0. The molecule has 2 aromatic carbocycles. The van der Waals surface area contributed by atoms with Gasteiger partial charge in [-0.25, -0.2) is 0 Å². The van der Waals surface area contributed by atoms with Gasteiger partial charge in [-0.1, -0.05) is 30.7 Å². The third-order valence-electron chi connectivity index (χ3n) is 4.67. The van der Waals surface area contributed by atoms with Gasteiger partial charge in [-0.05, 0) is 49.6 Å². The highest BCUT2D eigenvalue weighted by Crippen LogP contribution is 2.40. The molecule has 2 aromatic rings. The van der Waals surface area contributed by atoms with Crippen LogP contribution in [0.2, 0.25) is 0 Å². The summed E-state index contributed by atoms with van der Waals surface area (Å²) in [6, 6.07) is 9.86. The lowest BCUT2D eigenvalue weighted by atomic mass is 9.97. The fourth-order valence-electron chi connectivity index (χ4n) is 3.26. The van der Waals surface area contributed by atoms with Crippen LogP contribution in [-0.4, -0.2) is 27.2 Å². The number of methoxy groups -OCH3 is 3. The van der Waals surface area contributed by atoms with Crippen molar-refractivity contribution in [1.82, 2.24) is 5.32 Å². The Morgan fingerprint density at radius 3 is 2.32 bits per heavy atom. The van der Waals surface area contributed by atoms with Crippen LogP contribution in [0.3, 0.4) is 0 Å². The molecule has 0 spiro atoms. The van der Waals surface area contributed by atoms with Gasteiger partial charge in [0.05, 0.1) is 27.4 Å². The van der Waals surface area contributed by atoms with Crippen LogP contribution >= 0.6 is 0 Å². The van der Waals surface area contributed by atoms with Crippen LogP contribution in [0.15, 0.2) is 36.4 Å². The Balaban J connectivity index is 2.21. The molecule has 0 aliphatic rings. The van der Waals surface area contributed by atoms with E-state index in [1.54, 1.807) is 33.5 Å². The Morgan fingerprint density at radius 2 is 1.75 bits per heavy atom. The van der Waals surface area contributed by atoms with Crippen LogP contribution in [0.25, 0.3) is 6.08 Å². The molecule has 0 radical (unpaired) electrons. The van der Waals surface area contributed by atoms with E-state index >= 15 is 0 Å². The summed E-state index contributed by atoms with van der Waals surface area (Å²) in [5.74, 6) is 1.42. The van der Waals surface area contributed by atoms with E-state index in [0.29, 0.717) is 17.2 Å². The second-order valence-corrected chi connectivity index (χ2v) is 6.59. The van der Waals surface area contributed by atoms with Gasteiger partial charge in [0.25, 0.3) is 0 Å². The number of ether oxygens (including phenoxy) is 3. The van der Waals surface area contributed by atoms with Crippen molar-refractivity contribution < 1.29 is 19.0 Å². The summed E-state index contributed by atoms with van der Waals surface area (Å²) in [5, 5.41) is 3.08. The standard InChI is InChI=1S/C23H29NO4/c1-7-19(18-11-8-15(2)14-16(18)3)24-21(25)13-10-17-9-12-20(26-4)23(28-6)22(17)27-5/h8-14,19H,7H2,1-6H3,(H,24,25)/b13-10+/t19-/m0/s1. The zero-order valence-corrected chi connectivity index (χ0v) is 17.5. The topological polar surface area (TPSA) is 56.8 Å². The molecule has 0 saturated carbocycles. The molecule has 1 N–H and O–H groups in total. The molecule has 150 valence electrons. The van der Waals surface area contributed by atoms with E-state index in [4.69, 9.17) is 14.2 Å². The number of carbonyl (C=O) groups excluding carboxylic acids is 1. The SMILES string of the molecule is CC[C@H](NC(=O)/C=C/c1ccc(OC)c(OC)c1OC)c1ccc(C)cc1C. The van der Waals surface area contributed by atoms with Crippen molar-refractivity contribution in [3.05, 3.63) is 58.7 Å². The number of hydrogen-bond acceptors (Lipinski definition) is 4. The zero-order valence-electron chi connectivity index (χ0n) is 17.5. The first-order chi connectivity index (χ1) is 13.4. The quantitative estimate of drug-likeness (QED) is 0.677. The number of benzene rings is 2. The van der Waals surface area contributed by atoms with Crippen LogP contribution in [-0.2, 0) is 4.79 Å². The molecule has 5 nitrogen and oxygen atoms in total. The lowest BCUT2D eigenvalue weighted by Gasteiger charge is -2.19. The molecular formula is C23H29NO4. The largest absolute Gasteiger partial charge is 0.493 e. The molecule has 28 heavy (non-hydrogen) atoms. The fraction of sp³-hybridized carbons (Fsp3) is 0.348. The Morgan fingerprint density at radius 1 is 1.04 bits per heavy atom. The molecule has 1 atom stereocenters. The number of aryl methyl sites for hydroxylation is 2. The monoisotopic (exact) mass is 383 g/mol. The molecule has 0 aliphatic heterocycles. The molecular weight excluding hydrogens is 354 g/mol. The normalized spacial score (nSPS) is 11.9. The van der Waals surface area contributed by atoms with Gasteiger partial charge in [-0.15, -0.1) is 0 Å². The zero-order chi connectivity index (χ0) is 20.7. The van der Waals surface area contributed by atoms with Crippen molar-refractivity contribution in [1.29, 1.82) is 0 Å². The Kier molecular flexibility index (Phi) is 7.50. The summed E-state index contributed by atoms with van der Waals surface area (Å²) in [4.78, 5) is 12.5. The highest BCUT2D eigenvalue weighted by Gasteiger charge is 2.16. The van der Waals surface area contributed by atoms with Gasteiger partial charge in [-0.2, -0.15) is 0 Å². The summed E-state index contributed by atoms with van der Waals surface area (Å²) in [6.07, 6.45) is 4.03. The number of hydrogen-bond donors (Lipinski definition) is 1. The van der Waals surface area contributed by atoms with Gasteiger partial charge in [0, 0.05) is 11.6 Å². The van der Waals surface area contributed by atoms with Crippen molar-refractivity contribution in [2.45, 2.75) is 33.2 Å². The lowest BCUT2D eigenvalue weighted by molar-refractivity contribution is -0.117. The van der Waals surface area contributed by atoms with Crippen LogP contribution in [0, 0.1) is 13.8 Å². The number of amides is 1. The van der Waals surface area contributed by atoms with E-state index in [-0.39, 0.29) is 11.9 Å². The Hall–Kier alpha value is -2.95. The molecule has 0 aliphatic carbocycles. The smallest absolute Gasteiger partial charge is 0.244 e. The molecule has 1 amide bonds. The van der Waals surface area contributed by atoms with Crippen LogP contribution in [0.4, 0.5) is 0 Å². The third kappa shape index (κ3) is 4.85. The van der Waals surface area contributed by atoms with E-state index in [0.717, 1.165) is 17.5 Å². The lowest BCUT2D eigenvalue weighted by Crippen LogP contribution is -2.26. The fourth-order valence-corrected chi connectivity index (χ4v) is 3.26. The summed E-state index contributed by atoms with van der Waals surface area (Å²) < 4.78 is 16.1. The number of nitrogens with one attached hydrogen (secondary N) is 1. The summed E-state index contributed by atoms with van der Waals surface area (Å²) in [6.45, 7) is 6.20. The van der Waals surface area contributed by atoms with Gasteiger partial charge >= 0.3 is 0 Å². The van der Waals surface area contributed by atoms with E-state index in [1.807, 2.05) is 6.07 Å². The molecule has 5 heteroatoms. The molecule has 0 heterocycles. The predicted octanol–water partition coefficient (Wildman–Crippen LogP) is 4.61. The van der Waals surface area contributed by atoms with Crippen molar-refractivity contribution in [2.75, 3.05) is 21.3 Å². The average Bonchev–Trinajstić information content (AvgIpc) is 2.69. The minimum Gasteiger partial charge on any atom is -0.493 e. The summed E-state index contributed by atoms with van der Waals surface area (Å²) in [5.41, 5.74) is 4.26. The van der Waals surface area contributed by atoms with Gasteiger partial charge in [0.1, 0.15) is 0 Å². The first-order valence-corrected chi connectivity index (χ1v) is 9.29. The van der Waals surface area contributed by atoms with Gasteiger partial charge < -0.3 is 19.5 Å².